The van der Waals surface area contributed by atoms with Gasteiger partial charge in [-0.2, -0.15) is 10.2 Å². The minimum Gasteiger partial charge on any atom is -0.158 e. The van der Waals surface area contributed by atoms with Gasteiger partial charge in [-0.1, -0.05) is 0 Å². The summed E-state index contributed by atoms with van der Waals surface area (Å²) in [7, 11) is 0. The Labute approximate surface area is 56.9 Å². The van der Waals surface area contributed by atoms with Crippen molar-refractivity contribution in [2.75, 3.05) is 0 Å². The van der Waals surface area contributed by atoms with Gasteiger partial charge in [0.05, 0.1) is 12.4 Å². The number of rotatable bonds is 0. The Bertz CT molecular complexity index is 281. The van der Waals surface area contributed by atoms with E-state index in [1.165, 1.54) is 0 Å². The molecule has 0 N–H and O–H groups in total. The van der Waals surface area contributed by atoms with Crippen molar-refractivity contribution in [1.29, 1.82) is 0 Å². The zero-order valence-corrected chi connectivity index (χ0v) is 5.02. The van der Waals surface area contributed by atoms with E-state index >= 15 is 0 Å². The van der Waals surface area contributed by atoms with Gasteiger partial charge in [-0.3, -0.25) is 0 Å². The summed E-state index contributed by atoms with van der Waals surface area (Å²) in [5.74, 6) is 0. The summed E-state index contributed by atoms with van der Waals surface area (Å²) in [6, 6.07) is 1.81. The second-order valence-electron chi connectivity index (χ2n) is 1.79. The molecule has 0 aromatic carbocycles. The normalized spacial score (nSPS) is 10.0. The summed E-state index contributed by atoms with van der Waals surface area (Å²) in [5.41, 5.74) is 0.650. The molecular formula is C6H3N4. The van der Waals surface area contributed by atoms with Gasteiger partial charge < -0.3 is 0 Å². The molecule has 2 aromatic heterocycles. The van der Waals surface area contributed by atoms with Crippen molar-refractivity contribution in [2.24, 2.45) is 0 Å². The topological polar surface area (TPSA) is 51.6 Å². The van der Waals surface area contributed by atoms with Gasteiger partial charge in [0.2, 0.25) is 0 Å². The Morgan fingerprint density at radius 2 is 2.30 bits per heavy atom. The lowest BCUT2D eigenvalue weighted by Crippen LogP contribution is -1.85. The molecule has 0 amide bonds. The highest BCUT2D eigenvalue weighted by molar-refractivity contribution is 5.74. The number of nitrogens with zero attached hydrogens (tertiary/aromatic N) is 4. The van der Waals surface area contributed by atoms with Crippen molar-refractivity contribution in [2.45, 2.75) is 0 Å². The van der Waals surface area contributed by atoms with Gasteiger partial charge in [-0.25, -0.2) is 0 Å². The van der Waals surface area contributed by atoms with Crippen LogP contribution in [0.2, 0.25) is 0 Å². The summed E-state index contributed by atoms with van der Waals surface area (Å²) in [6.45, 7) is 0. The molecule has 0 aliphatic carbocycles. The summed E-state index contributed by atoms with van der Waals surface area (Å²) in [6.07, 6.45) is 5.85. The van der Waals surface area contributed by atoms with E-state index < -0.39 is 0 Å². The van der Waals surface area contributed by atoms with Crippen molar-refractivity contribution >= 4 is 10.9 Å². The largest absolute Gasteiger partial charge is 0.158 e. The molecule has 0 aliphatic rings. The molecule has 4 nitrogen and oxygen atoms in total. The van der Waals surface area contributed by atoms with Crippen molar-refractivity contribution in [3.05, 3.63) is 24.7 Å². The average molecular weight is 131 g/mol. The van der Waals surface area contributed by atoms with E-state index in [0.717, 1.165) is 5.39 Å². The van der Waals surface area contributed by atoms with Crippen LogP contribution in [0.3, 0.4) is 0 Å². The van der Waals surface area contributed by atoms with E-state index in [2.05, 4.69) is 26.6 Å². The predicted molar refractivity (Wildman–Crippen MR) is 34.0 cm³/mol. The van der Waals surface area contributed by atoms with Crippen molar-refractivity contribution in [3.8, 4) is 0 Å². The zero-order chi connectivity index (χ0) is 6.81. The van der Waals surface area contributed by atoms with E-state index in [-0.39, 0.29) is 0 Å². The van der Waals surface area contributed by atoms with Crippen LogP contribution in [0.5, 0.6) is 0 Å². The maximum absolute atomic E-state index is 3.77. The van der Waals surface area contributed by atoms with Crippen LogP contribution in [-0.2, 0) is 0 Å². The van der Waals surface area contributed by atoms with Crippen LogP contribution >= 0.6 is 0 Å². The molecule has 0 saturated carbocycles. The standard InChI is InChI=1S/C6H3N4/c1-2-7-10-6-4-9-8-3-5(1)6/h1-3H. The van der Waals surface area contributed by atoms with E-state index in [4.69, 9.17) is 0 Å². The fraction of sp³-hybridized carbons (Fsp3) is 0. The molecule has 0 unspecified atom stereocenters. The van der Waals surface area contributed by atoms with Gasteiger partial charge in [0.15, 0.2) is 0 Å². The summed E-state index contributed by atoms with van der Waals surface area (Å²) in [4.78, 5) is 0. The molecule has 2 heterocycles. The van der Waals surface area contributed by atoms with Gasteiger partial charge >= 0.3 is 0 Å². The quantitative estimate of drug-likeness (QED) is 0.513. The SMILES string of the molecule is [c]1nncc2ccnnc12. The maximum Gasteiger partial charge on any atom is 0.144 e. The monoisotopic (exact) mass is 131 g/mol. The molecule has 4 heteroatoms. The smallest absolute Gasteiger partial charge is 0.144 e. The van der Waals surface area contributed by atoms with Gasteiger partial charge in [-0.15, -0.1) is 10.2 Å². The first-order valence-corrected chi connectivity index (χ1v) is 2.77. The van der Waals surface area contributed by atoms with Gasteiger partial charge in [0.25, 0.3) is 0 Å². The van der Waals surface area contributed by atoms with Gasteiger partial charge in [-0.05, 0) is 6.07 Å². The average Bonchev–Trinajstić information content (AvgIpc) is 2.05. The Balaban J connectivity index is 2.89. The van der Waals surface area contributed by atoms with Gasteiger partial charge in [0.1, 0.15) is 11.7 Å². The summed E-state index contributed by atoms with van der Waals surface area (Å²) >= 11 is 0. The molecule has 0 fully saturated rings. The molecule has 0 atom stereocenters. The summed E-state index contributed by atoms with van der Waals surface area (Å²) < 4.78 is 0. The van der Waals surface area contributed by atoms with Crippen LogP contribution in [0.1, 0.15) is 0 Å². The van der Waals surface area contributed by atoms with E-state index in [1.54, 1.807) is 12.4 Å². The first kappa shape index (κ1) is 5.22. The highest BCUT2D eigenvalue weighted by Crippen LogP contribution is 2.02. The van der Waals surface area contributed by atoms with Crippen molar-refractivity contribution < 1.29 is 0 Å². The first-order chi connectivity index (χ1) is 4.97. The zero-order valence-electron chi connectivity index (χ0n) is 5.02. The highest BCUT2D eigenvalue weighted by Gasteiger charge is 1.91. The molecule has 0 saturated heterocycles. The minimum absolute atomic E-state index is 0.650. The summed E-state index contributed by atoms with van der Waals surface area (Å²) in [5, 5.41) is 15.5. The Hall–Kier alpha value is -1.58. The fourth-order valence-corrected chi connectivity index (χ4v) is 0.700. The van der Waals surface area contributed by atoms with Crippen molar-refractivity contribution in [1.82, 2.24) is 20.4 Å². The van der Waals surface area contributed by atoms with Gasteiger partial charge in [0, 0.05) is 5.39 Å². The predicted octanol–water partition coefficient (Wildman–Crippen LogP) is 0.220. The Kier molecular flexibility index (Phi) is 1.04. The lowest BCUT2D eigenvalue weighted by molar-refractivity contribution is 1.01. The maximum atomic E-state index is 3.77. The molecule has 2 rings (SSSR count). The van der Waals surface area contributed by atoms with Crippen LogP contribution in [0, 0.1) is 6.20 Å². The molecule has 2 aromatic rings. The van der Waals surface area contributed by atoms with E-state index in [0.29, 0.717) is 5.52 Å². The third-order valence-electron chi connectivity index (χ3n) is 1.16. The third kappa shape index (κ3) is 0.699. The van der Waals surface area contributed by atoms with Crippen LogP contribution in [0.25, 0.3) is 10.9 Å². The number of hydrogen-bond donors (Lipinski definition) is 0. The molecule has 0 spiro atoms. The minimum atomic E-state index is 0.650. The number of hydrogen-bond acceptors (Lipinski definition) is 4. The second kappa shape index (κ2) is 1.98. The lowest BCUT2D eigenvalue weighted by Gasteiger charge is -1.87. The van der Waals surface area contributed by atoms with Crippen LogP contribution < -0.4 is 0 Å². The molecule has 0 aliphatic heterocycles. The fourth-order valence-electron chi connectivity index (χ4n) is 0.700. The molecule has 0 bridgehead atoms. The van der Waals surface area contributed by atoms with Crippen LogP contribution in [0.15, 0.2) is 18.5 Å². The molecule has 10 heavy (non-hydrogen) atoms. The van der Waals surface area contributed by atoms with E-state index in [1.807, 2.05) is 6.07 Å². The second-order valence-corrected chi connectivity index (χ2v) is 1.79. The van der Waals surface area contributed by atoms with Crippen molar-refractivity contribution in [3.63, 3.8) is 0 Å². The van der Waals surface area contributed by atoms with Crippen LogP contribution in [-0.4, -0.2) is 20.4 Å². The molecule has 47 valence electrons. The number of fused-ring (bicyclic) bond motifs is 1. The highest BCUT2D eigenvalue weighted by atomic mass is 15.1. The van der Waals surface area contributed by atoms with Crippen LogP contribution in [0.4, 0.5) is 0 Å². The molecular weight excluding hydrogens is 128 g/mol. The third-order valence-corrected chi connectivity index (χ3v) is 1.16. The Morgan fingerprint density at radius 3 is 3.20 bits per heavy atom. The molecule has 1 radical (unpaired) electrons. The first-order valence-electron chi connectivity index (χ1n) is 2.77. The van der Waals surface area contributed by atoms with E-state index in [9.17, 15) is 0 Å². The Morgan fingerprint density at radius 1 is 1.30 bits per heavy atom. The lowest BCUT2D eigenvalue weighted by atomic mass is 10.3. The number of aromatic nitrogens is 4.